The van der Waals surface area contributed by atoms with Crippen molar-refractivity contribution < 1.29 is 19.5 Å². The lowest BCUT2D eigenvalue weighted by Crippen LogP contribution is -2.45. The second-order valence-corrected chi connectivity index (χ2v) is 8.86. The number of carbonyl (C=O) groups is 3. The van der Waals surface area contributed by atoms with Crippen molar-refractivity contribution in [3.8, 4) is 11.1 Å². The zero-order chi connectivity index (χ0) is 24.9. The van der Waals surface area contributed by atoms with Crippen LogP contribution in [0.15, 0.2) is 66.9 Å². The van der Waals surface area contributed by atoms with Crippen molar-refractivity contribution in [3.05, 3.63) is 78.0 Å². The maximum atomic E-state index is 12.9. The Morgan fingerprint density at radius 1 is 0.943 bits per heavy atom. The molecule has 2 heterocycles. The zero-order valence-electron chi connectivity index (χ0n) is 19.7. The van der Waals surface area contributed by atoms with Gasteiger partial charge in [-0.1, -0.05) is 38.1 Å². The smallest absolute Gasteiger partial charge is 0.335 e. The molecule has 1 saturated heterocycles. The Morgan fingerprint density at radius 3 is 2.23 bits per heavy atom. The number of hydrogen-bond donors (Lipinski definition) is 3. The zero-order valence-corrected chi connectivity index (χ0v) is 19.7. The van der Waals surface area contributed by atoms with Gasteiger partial charge in [0.25, 0.3) is 0 Å². The minimum absolute atomic E-state index is 0.211. The highest BCUT2D eigenvalue weighted by molar-refractivity contribution is 5.99. The van der Waals surface area contributed by atoms with E-state index in [0.717, 1.165) is 17.5 Å². The average Bonchev–Trinajstić information content (AvgIpc) is 3.35. The number of carboxylic acid groups (broad SMARTS) is 1. The molecule has 0 bridgehead atoms. The topological polar surface area (TPSA) is 112 Å². The van der Waals surface area contributed by atoms with Gasteiger partial charge in [-0.3, -0.25) is 4.79 Å². The van der Waals surface area contributed by atoms with Crippen molar-refractivity contribution >= 4 is 29.4 Å². The van der Waals surface area contributed by atoms with E-state index in [0.29, 0.717) is 30.4 Å². The molecule has 0 aliphatic carbocycles. The Morgan fingerprint density at radius 2 is 1.63 bits per heavy atom. The summed E-state index contributed by atoms with van der Waals surface area (Å²) in [5, 5.41) is 14.7. The quantitative estimate of drug-likeness (QED) is 0.456. The van der Waals surface area contributed by atoms with Crippen LogP contribution in [0.1, 0.15) is 48.5 Å². The van der Waals surface area contributed by atoms with Gasteiger partial charge in [-0.05, 0) is 66.3 Å². The molecule has 2 aromatic carbocycles. The molecule has 180 valence electrons. The first-order chi connectivity index (χ1) is 16.8. The molecule has 3 aromatic rings. The van der Waals surface area contributed by atoms with Crippen LogP contribution in [0, 0.1) is 0 Å². The first-order valence-corrected chi connectivity index (χ1v) is 11.6. The summed E-state index contributed by atoms with van der Waals surface area (Å²) in [6.07, 6.45) is 2.95. The highest BCUT2D eigenvalue weighted by atomic mass is 16.4. The molecular weight excluding hydrogens is 444 g/mol. The molecule has 0 spiro atoms. The second kappa shape index (κ2) is 10.4. The van der Waals surface area contributed by atoms with Gasteiger partial charge in [-0.25, -0.2) is 14.6 Å². The highest BCUT2D eigenvalue weighted by Gasteiger charge is 2.34. The maximum absolute atomic E-state index is 12.9. The monoisotopic (exact) mass is 472 g/mol. The second-order valence-electron chi connectivity index (χ2n) is 8.86. The van der Waals surface area contributed by atoms with E-state index in [4.69, 9.17) is 5.11 Å². The molecular formula is C27H28N4O4. The normalized spacial score (nSPS) is 15.2. The fraction of sp³-hybridized carbons (Fsp3) is 0.259. The summed E-state index contributed by atoms with van der Waals surface area (Å²) in [4.78, 5) is 42.7. The van der Waals surface area contributed by atoms with Crippen LogP contribution in [0.3, 0.4) is 0 Å². The Bertz CT molecular complexity index is 1210. The third-order valence-corrected chi connectivity index (χ3v) is 6.12. The van der Waals surface area contributed by atoms with Gasteiger partial charge in [0, 0.05) is 24.0 Å². The number of pyridine rings is 1. The molecule has 3 amide bonds. The lowest BCUT2D eigenvalue weighted by atomic mass is 10.0. The number of nitrogens with one attached hydrogen (secondary N) is 2. The van der Waals surface area contributed by atoms with E-state index in [9.17, 15) is 14.4 Å². The van der Waals surface area contributed by atoms with Crippen molar-refractivity contribution in [2.75, 3.05) is 17.2 Å². The first kappa shape index (κ1) is 23.9. The van der Waals surface area contributed by atoms with Gasteiger partial charge in [0.15, 0.2) is 0 Å². The predicted octanol–water partition coefficient (Wildman–Crippen LogP) is 5.21. The van der Waals surface area contributed by atoms with E-state index in [1.54, 1.807) is 35.4 Å². The summed E-state index contributed by atoms with van der Waals surface area (Å²) < 4.78 is 0. The van der Waals surface area contributed by atoms with Crippen molar-refractivity contribution in [3.63, 3.8) is 0 Å². The van der Waals surface area contributed by atoms with Gasteiger partial charge in [-0.2, -0.15) is 0 Å². The number of benzene rings is 2. The third-order valence-electron chi connectivity index (χ3n) is 6.12. The summed E-state index contributed by atoms with van der Waals surface area (Å²) in [5.74, 6) is -0.464. The lowest BCUT2D eigenvalue weighted by molar-refractivity contribution is -0.119. The van der Waals surface area contributed by atoms with Crippen LogP contribution in [0.25, 0.3) is 11.1 Å². The van der Waals surface area contributed by atoms with Crippen molar-refractivity contribution in [1.82, 2.24) is 9.88 Å². The van der Waals surface area contributed by atoms with E-state index in [2.05, 4.69) is 29.5 Å². The molecule has 3 N–H and O–H groups in total. The van der Waals surface area contributed by atoms with Gasteiger partial charge < -0.3 is 20.6 Å². The van der Waals surface area contributed by atoms with Gasteiger partial charge >= 0.3 is 12.0 Å². The molecule has 0 saturated carbocycles. The van der Waals surface area contributed by atoms with Crippen LogP contribution < -0.4 is 10.6 Å². The maximum Gasteiger partial charge on any atom is 0.335 e. The Hall–Kier alpha value is -4.20. The van der Waals surface area contributed by atoms with Gasteiger partial charge in [0.2, 0.25) is 5.91 Å². The van der Waals surface area contributed by atoms with Crippen molar-refractivity contribution in [2.45, 2.75) is 38.6 Å². The number of likely N-dealkylation sites (tertiary alicyclic amines) is 1. The van der Waals surface area contributed by atoms with E-state index in [1.807, 2.05) is 24.3 Å². The molecule has 35 heavy (non-hydrogen) atoms. The molecule has 8 heteroatoms. The number of carboxylic acids is 1. The number of urea groups is 1. The fourth-order valence-corrected chi connectivity index (χ4v) is 4.08. The van der Waals surface area contributed by atoms with Crippen LogP contribution in [0.5, 0.6) is 0 Å². The Balaban J connectivity index is 1.37. The summed E-state index contributed by atoms with van der Waals surface area (Å²) in [5.41, 5.74) is 3.71. The highest BCUT2D eigenvalue weighted by Crippen LogP contribution is 2.23. The van der Waals surface area contributed by atoms with Gasteiger partial charge in [0.1, 0.15) is 11.9 Å². The van der Waals surface area contributed by atoms with Crippen LogP contribution in [0.4, 0.5) is 16.3 Å². The standard InChI is InChI=1S/C27H28N4O4/c1-17(2)18-9-12-22(13-10-18)29-27(35)31-15-3-4-23(31)25(32)30-24-14-11-21(16-28-24)19-5-7-20(8-6-19)26(33)34/h5-14,16-17,23H,3-4,15H2,1-2H3,(H,29,35)(H,33,34)(H,28,30,32). The van der Waals surface area contributed by atoms with Crippen LogP contribution in [-0.2, 0) is 4.79 Å². The molecule has 4 rings (SSSR count). The molecule has 8 nitrogen and oxygen atoms in total. The molecule has 1 aliphatic heterocycles. The summed E-state index contributed by atoms with van der Waals surface area (Å²) >= 11 is 0. The number of hydrogen-bond acceptors (Lipinski definition) is 4. The lowest BCUT2D eigenvalue weighted by Gasteiger charge is -2.24. The van der Waals surface area contributed by atoms with E-state index >= 15 is 0 Å². The summed E-state index contributed by atoms with van der Waals surface area (Å²) in [6, 6.07) is 16.8. The SMILES string of the molecule is CC(C)c1ccc(NC(=O)N2CCCC2C(=O)Nc2ccc(-c3ccc(C(=O)O)cc3)cn2)cc1. The van der Waals surface area contributed by atoms with Crippen LogP contribution >= 0.6 is 0 Å². The molecule has 1 fully saturated rings. The van der Waals surface area contributed by atoms with E-state index in [-0.39, 0.29) is 17.5 Å². The number of carbonyl (C=O) groups excluding carboxylic acids is 2. The number of amides is 3. The molecule has 0 radical (unpaired) electrons. The van der Waals surface area contributed by atoms with E-state index < -0.39 is 12.0 Å². The average molecular weight is 473 g/mol. The summed E-state index contributed by atoms with van der Waals surface area (Å²) in [7, 11) is 0. The van der Waals surface area contributed by atoms with Crippen LogP contribution in [0.2, 0.25) is 0 Å². The molecule has 1 aromatic heterocycles. The van der Waals surface area contributed by atoms with Crippen LogP contribution in [-0.4, -0.2) is 45.5 Å². The van der Waals surface area contributed by atoms with Gasteiger partial charge in [-0.15, -0.1) is 0 Å². The molecule has 1 atom stereocenters. The van der Waals surface area contributed by atoms with Gasteiger partial charge in [0.05, 0.1) is 5.56 Å². The number of nitrogens with zero attached hydrogens (tertiary/aromatic N) is 2. The third kappa shape index (κ3) is 5.66. The largest absolute Gasteiger partial charge is 0.478 e. The van der Waals surface area contributed by atoms with E-state index in [1.165, 1.54) is 17.7 Å². The predicted molar refractivity (Wildman–Crippen MR) is 135 cm³/mol. The number of rotatable bonds is 6. The Labute approximate surface area is 204 Å². The minimum atomic E-state index is -0.980. The number of aromatic carboxylic acids is 1. The Kier molecular flexibility index (Phi) is 7.10. The van der Waals surface area contributed by atoms with Crippen molar-refractivity contribution in [2.24, 2.45) is 0 Å². The summed E-state index contributed by atoms with van der Waals surface area (Å²) in [6.45, 7) is 4.73. The molecule has 1 unspecified atom stereocenters. The fourth-order valence-electron chi connectivity index (χ4n) is 4.08. The number of anilines is 2. The first-order valence-electron chi connectivity index (χ1n) is 11.6. The number of aromatic nitrogens is 1. The molecule has 1 aliphatic rings. The minimum Gasteiger partial charge on any atom is -0.478 e. The van der Waals surface area contributed by atoms with Crippen molar-refractivity contribution in [1.29, 1.82) is 0 Å².